The Balaban J connectivity index is 2.03. The SMILES string of the molecule is Cc1csc(NC(=O)c2c(-c3ccccc3)n(C)oc2=O)n1. The largest absolute Gasteiger partial charge is 0.370 e. The molecule has 22 heavy (non-hydrogen) atoms. The van der Waals surface area contributed by atoms with Crippen molar-refractivity contribution in [2.45, 2.75) is 6.92 Å². The summed E-state index contributed by atoms with van der Waals surface area (Å²) in [6.45, 7) is 1.83. The average Bonchev–Trinajstić information content (AvgIpc) is 3.02. The van der Waals surface area contributed by atoms with Gasteiger partial charge in [-0.15, -0.1) is 11.3 Å². The molecule has 0 aliphatic heterocycles. The second kappa shape index (κ2) is 5.61. The number of nitrogens with one attached hydrogen (secondary N) is 1. The van der Waals surface area contributed by atoms with E-state index in [1.165, 1.54) is 16.1 Å². The first kappa shape index (κ1) is 14.3. The number of carbonyl (C=O) groups is 1. The Bertz CT molecular complexity index is 877. The molecule has 6 nitrogen and oxygen atoms in total. The second-order valence-corrected chi connectivity index (χ2v) is 5.57. The lowest BCUT2D eigenvalue weighted by Crippen LogP contribution is -2.19. The van der Waals surface area contributed by atoms with Gasteiger partial charge in [0.1, 0.15) is 5.69 Å². The highest BCUT2D eigenvalue weighted by molar-refractivity contribution is 7.13. The molecule has 1 amide bonds. The van der Waals surface area contributed by atoms with E-state index in [2.05, 4.69) is 10.3 Å². The minimum absolute atomic E-state index is 0.0263. The van der Waals surface area contributed by atoms with Crippen molar-refractivity contribution in [1.29, 1.82) is 0 Å². The maximum atomic E-state index is 12.4. The highest BCUT2D eigenvalue weighted by Crippen LogP contribution is 2.23. The maximum absolute atomic E-state index is 12.4. The minimum atomic E-state index is -0.674. The van der Waals surface area contributed by atoms with Crippen LogP contribution < -0.4 is 10.9 Å². The second-order valence-electron chi connectivity index (χ2n) is 4.71. The summed E-state index contributed by atoms with van der Waals surface area (Å²) in [6, 6.07) is 9.15. The molecule has 0 aliphatic carbocycles. The minimum Gasteiger partial charge on any atom is -0.335 e. The molecule has 0 saturated carbocycles. The zero-order chi connectivity index (χ0) is 15.7. The number of aryl methyl sites for hydroxylation is 2. The number of nitrogens with zero attached hydrogens (tertiary/aromatic N) is 2. The molecule has 0 unspecified atom stereocenters. The molecule has 112 valence electrons. The van der Waals surface area contributed by atoms with Gasteiger partial charge in [-0.25, -0.2) is 14.5 Å². The summed E-state index contributed by atoms with van der Waals surface area (Å²) in [4.78, 5) is 28.6. The Kier molecular flexibility index (Phi) is 3.64. The Morgan fingerprint density at radius 2 is 2.05 bits per heavy atom. The third-order valence-electron chi connectivity index (χ3n) is 3.09. The van der Waals surface area contributed by atoms with Gasteiger partial charge in [-0.3, -0.25) is 10.1 Å². The number of thiazole rings is 1. The summed E-state index contributed by atoms with van der Waals surface area (Å²) in [5.74, 6) is -0.525. The van der Waals surface area contributed by atoms with Crippen molar-refractivity contribution in [3.05, 3.63) is 57.4 Å². The number of hydrogen-bond donors (Lipinski definition) is 1. The lowest BCUT2D eigenvalue weighted by Gasteiger charge is -2.04. The van der Waals surface area contributed by atoms with Gasteiger partial charge in [0.05, 0.1) is 5.69 Å². The molecule has 2 aromatic heterocycles. The fraction of sp³-hybridized carbons (Fsp3) is 0.133. The van der Waals surface area contributed by atoms with E-state index >= 15 is 0 Å². The molecule has 0 bridgehead atoms. The highest BCUT2D eigenvalue weighted by atomic mass is 32.1. The molecule has 2 heterocycles. The van der Waals surface area contributed by atoms with Crippen LogP contribution >= 0.6 is 11.3 Å². The normalized spacial score (nSPS) is 10.6. The topological polar surface area (TPSA) is 77.1 Å². The van der Waals surface area contributed by atoms with Crippen LogP contribution in [0, 0.1) is 6.92 Å². The molecule has 3 rings (SSSR count). The van der Waals surface area contributed by atoms with Crippen LogP contribution in [0.4, 0.5) is 5.13 Å². The third-order valence-corrected chi connectivity index (χ3v) is 3.96. The summed E-state index contributed by atoms with van der Waals surface area (Å²) in [7, 11) is 1.59. The highest BCUT2D eigenvalue weighted by Gasteiger charge is 2.24. The fourth-order valence-electron chi connectivity index (χ4n) is 2.16. The number of hydrogen-bond acceptors (Lipinski definition) is 5. The lowest BCUT2D eigenvalue weighted by atomic mass is 10.1. The zero-order valence-electron chi connectivity index (χ0n) is 12.0. The van der Waals surface area contributed by atoms with Gasteiger partial charge in [0, 0.05) is 18.0 Å². The standard InChI is InChI=1S/C15H13N3O3S/c1-9-8-22-15(16-9)17-13(19)11-12(18(2)21-14(11)20)10-6-4-3-5-7-10/h3-8H,1-2H3,(H,16,17,19). The van der Waals surface area contributed by atoms with Crippen molar-refractivity contribution in [2.75, 3.05) is 5.32 Å². The smallest absolute Gasteiger partial charge is 0.335 e. The van der Waals surface area contributed by atoms with Crippen molar-refractivity contribution < 1.29 is 9.32 Å². The van der Waals surface area contributed by atoms with Crippen molar-refractivity contribution in [1.82, 2.24) is 9.72 Å². The van der Waals surface area contributed by atoms with Gasteiger partial charge < -0.3 is 4.52 Å². The zero-order valence-corrected chi connectivity index (χ0v) is 12.8. The van der Waals surface area contributed by atoms with Crippen LogP contribution in [0.2, 0.25) is 0 Å². The van der Waals surface area contributed by atoms with E-state index in [1.807, 2.05) is 42.6 Å². The Morgan fingerprint density at radius 3 is 2.68 bits per heavy atom. The first-order valence-electron chi connectivity index (χ1n) is 6.55. The Hall–Kier alpha value is -2.67. The number of aromatic nitrogens is 2. The van der Waals surface area contributed by atoms with E-state index in [4.69, 9.17) is 4.52 Å². The van der Waals surface area contributed by atoms with Gasteiger partial charge in [-0.05, 0) is 6.92 Å². The molecule has 0 atom stereocenters. The monoisotopic (exact) mass is 315 g/mol. The molecule has 1 N–H and O–H groups in total. The van der Waals surface area contributed by atoms with E-state index in [0.717, 1.165) is 11.3 Å². The van der Waals surface area contributed by atoms with Crippen LogP contribution in [0.15, 0.2) is 45.0 Å². The average molecular weight is 315 g/mol. The quantitative estimate of drug-likeness (QED) is 0.806. The fourth-order valence-corrected chi connectivity index (χ4v) is 2.85. The molecule has 7 heteroatoms. The summed E-state index contributed by atoms with van der Waals surface area (Å²) in [6.07, 6.45) is 0. The van der Waals surface area contributed by atoms with Gasteiger partial charge >= 0.3 is 5.63 Å². The van der Waals surface area contributed by atoms with Gasteiger partial charge in [0.15, 0.2) is 10.7 Å². The van der Waals surface area contributed by atoms with Crippen LogP contribution in [-0.4, -0.2) is 15.6 Å². The number of carbonyl (C=O) groups excluding carboxylic acids is 1. The predicted octanol–water partition coefficient (Wildman–Crippen LogP) is 2.66. The lowest BCUT2D eigenvalue weighted by molar-refractivity contribution is 0.102. The molecule has 0 saturated heterocycles. The first-order valence-corrected chi connectivity index (χ1v) is 7.43. The van der Waals surface area contributed by atoms with Gasteiger partial charge in [-0.1, -0.05) is 30.3 Å². The molecular weight excluding hydrogens is 302 g/mol. The van der Waals surface area contributed by atoms with Crippen molar-refractivity contribution >= 4 is 22.4 Å². The summed E-state index contributed by atoms with van der Waals surface area (Å²) < 4.78 is 6.35. The predicted molar refractivity (Wildman–Crippen MR) is 84.2 cm³/mol. The number of amides is 1. The van der Waals surface area contributed by atoms with Crippen molar-refractivity contribution in [2.24, 2.45) is 7.05 Å². The van der Waals surface area contributed by atoms with Crippen LogP contribution in [0.25, 0.3) is 11.3 Å². The van der Waals surface area contributed by atoms with Gasteiger partial charge in [0.2, 0.25) is 0 Å². The number of anilines is 1. The molecule has 1 aromatic carbocycles. The van der Waals surface area contributed by atoms with Crippen LogP contribution in [0.1, 0.15) is 16.1 Å². The summed E-state index contributed by atoms with van der Waals surface area (Å²) in [5.41, 5.74) is 1.28. The van der Waals surface area contributed by atoms with Crippen molar-refractivity contribution in [3.8, 4) is 11.3 Å². The molecular formula is C15H13N3O3S. The van der Waals surface area contributed by atoms with E-state index in [-0.39, 0.29) is 5.56 Å². The molecule has 0 fully saturated rings. The third kappa shape index (κ3) is 2.58. The van der Waals surface area contributed by atoms with E-state index in [1.54, 1.807) is 7.05 Å². The maximum Gasteiger partial charge on any atom is 0.370 e. The summed E-state index contributed by atoms with van der Waals surface area (Å²) in [5, 5.41) is 4.91. The van der Waals surface area contributed by atoms with Crippen LogP contribution in [0.3, 0.4) is 0 Å². The number of rotatable bonds is 3. The van der Waals surface area contributed by atoms with E-state index < -0.39 is 11.5 Å². The number of benzene rings is 1. The van der Waals surface area contributed by atoms with Gasteiger partial charge in [0.25, 0.3) is 5.91 Å². The van der Waals surface area contributed by atoms with Crippen LogP contribution in [0.5, 0.6) is 0 Å². The van der Waals surface area contributed by atoms with Gasteiger partial charge in [-0.2, -0.15) is 0 Å². The first-order chi connectivity index (χ1) is 10.6. The molecule has 0 spiro atoms. The van der Waals surface area contributed by atoms with E-state index in [9.17, 15) is 9.59 Å². The molecule has 0 radical (unpaired) electrons. The van der Waals surface area contributed by atoms with Crippen molar-refractivity contribution in [3.63, 3.8) is 0 Å². The summed E-state index contributed by atoms with van der Waals surface area (Å²) >= 11 is 1.30. The van der Waals surface area contributed by atoms with Crippen LogP contribution in [-0.2, 0) is 7.05 Å². The Labute approximate surface area is 130 Å². The molecule has 0 aliphatic rings. The molecule has 3 aromatic rings. The van der Waals surface area contributed by atoms with E-state index in [0.29, 0.717) is 10.8 Å². The Morgan fingerprint density at radius 1 is 1.32 bits per heavy atom.